The van der Waals surface area contributed by atoms with Gasteiger partial charge in [0.25, 0.3) is 0 Å². The quantitative estimate of drug-likeness (QED) is 0.217. The van der Waals surface area contributed by atoms with Gasteiger partial charge in [-0.1, -0.05) is 6.92 Å². The van der Waals surface area contributed by atoms with Crippen LogP contribution in [0.3, 0.4) is 0 Å². The molecule has 0 unspecified atom stereocenters. The Balaban J connectivity index is 0.00000392. The third-order valence-corrected chi connectivity index (χ3v) is 5.01. The van der Waals surface area contributed by atoms with E-state index < -0.39 is 0 Å². The van der Waals surface area contributed by atoms with Crippen LogP contribution in [0.1, 0.15) is 29.4 Å². The molecule has 6 nitrogen and oxygen atoms in total. The number of methoxy groups -OCH3 is 1. The van der Waals surface area contributed by atoms with Gasteiger partial charge in [-0.05, 0) is 44.5 Å². The fourth-order valence-corrected chi connectivity index (χ4v) is 3.55. The van der Waals surface area contributed by atoms with Crippen LogP contribution in [-0.4, -0.2) is 44.3 Å². The molecule has 0 saturated heterocycles. The lowest BCUT2D eigenvalue weighted by Crippen LogP contribution is -2.39. The molecule has 2 N–H and O–H groups in total. The van der Waals surface area contributed by atoms with Crippen molar-refractivity contribution >= 4 is 41.3 Å². The van der Waals surface area contributed by atoms with E-state index in [-0.39, 0.29) is 24.0 Å². The molecule has 8 heteroatoms. The third kappa shape index (κ3) is 8.22. The predicted octanol–water partition coefficient (Wildman–Crippen LogP) is 3.82. The second-order valence-electron chi connectivity index (χ2n) is 5.93. The van der Waals surface area contributed by atoms with Gasteiger partial charge in [-0.15, -0.1) is 35.3 Å². The van der Waals surface area contributed by atoms with Gasteiger partial charge < -0.3 is 20.1 Å². The number of aliphatic imine (C=N–C) groups is 1. The zero-order chi connectivity index (χ0) is 19.5. The molecule has 0 fully saturated rings. The van der Waals surface area contributed by atoms with Gasteiger partial charge in [0.1, 0.15) is 18.1 Å². The first-order valence-corrected chi connectivity index (χ1v) is 10.2. The minimum Gasteiger partial charge on any atom is -0.497 e. The number of aryl methyl sites for hydroxylation is 2. The van der Waals surface area contributed by atoms with Gasteiger partial charge in [-0.3, -0.25) is 4.99 Å². The monoisotopic (exact) mass is 518 g/mol. The van der Waals surface area contributed by atoms with Crippen molar-refractivity contribution in [1.29, 1.82) is 0 Å². The number of halogens is 1. The number of hydrogen-bond donors (Lipinski definition) is 2. The molecule has 1 heterocycles. The molecule has 0 amide bonds. The van der Waals surface area contributed by atoms with Crippen LogP contribution in [0.15, 0.2) is 29.3 Å². The predicted molar refractivity (Wildman–Crippen MR) is 128 cm³/mol. The van der Waals surface area contributed by atoms with Crippen LogP contribution in [0.5, 0.6) is 11.5 Å². The molecular weight excluding hydrogens is 487 g/mol. The maximum Gasteiger partial charge on any atom is 0.191 e. The summed E-state index contributed by atoms with van der Waals surface area (Å²) in [4.78, 5) is 10.6. The van der Waals surface area contributed by atoms with Crippen molar-refractivity contribution in [3.05, 3.63) is 39.8 Å². The van der Waals surface area contributed by atoms with Crippen LogP contribution in [0.4, 0.5) is 0 Å². The van der Waals surface area contributed by atoms with Crippen molar-refractivity contribution in [1.82, 2.24) is 15.6 Å². The lowest BCUT2D eigenvalue weighted by Gasteiger charge is -2.12. The summed E-state index contributed by atoms with van der Waals surface area (Å²) in [6, 6.07) is 7.58. The molecule has 0 bridgehead atoms. The van der Waals surface area contributed by atoms with E-state index in [1.807, 2.05) is 24.3 Å². The minimum atomic E-state index is 0. The topological polar surface area (TPSA) is 67.8 Å². The van der Waals surface area contributed by atoms with Crippen LogP contribution < -0.4 is 20.1 Å². The van der Waals surface area contributed by atoms with E-state index in [0.717, 1.165) is 41.9 Å². The van der Waals surface area contributed by atoms with Gasteiger partial charge in [-0.2, -0.15) is 0 Å². The third-order valence-electron chi connectivity index (χ3n) is 3.93. The minimum absolute atomic E-state index is 0. The van der Waals surface area contributed by atoms with Crippen molar-refractivity contribution in [2.45, 2.75) is 33.6 Å². The van der Waals surface area contributed by atoms with Crippen molar-refractivity contribution in [3.63, 3.8) is 0 Å². The van der Waals surface area contributed by atoms with Gasteiger partial charge in [-0.25, -0.2) is 4.98 Å². The van der Waals surface area contributed by atoms with Crippen LogP contribution >= 0.6 is 35.3 Å². The number of rotatable bonds is 10. The van der Waals surface area contributed by atoms with E-state index in [2.05, 4.69) is 41.4 Å². The second-order valence-corrected chi connectivity index (χ2v) is 7.21. The summed E-state index contributed by atoms with van der Waals surface area (Å²) in [6.07, 6.45) is 1.86. The molecule has 0 saturated carbocycles. The first-order chi connectivity index (χ1) is 13.2. The maximum absolute atomic E-state index is 5.73. The molecule has 2 rings (SSSR count). The number of benzene rings is 1. The fourth-order valence-electron chi connectivity index (χ4n) is 2.54. The van der Waals surface area contributed by atoms with Crippen LogP contribution in [0.25, 0.3) is 0 Å². The summed E-state index contributed by atoms with van der Waals surface area (Å²) < 4.78 is 10.9. The Morgan fingerprint density at radius 1 is 1.14 bits per heavy atom. The molecule has 1 aromatic carbocycles. The molecule has 0 aliphatic rings. The Morgan fingerprint density at radius 2 is 1.86 bits per heavy atom. The Labute approximate surface area is 189 Å². The second kappa shape index (κ2) is 13.6. The van der Waals surface area contributed by atoms with Gasteiger partial charge in [0.05, 0.1) is 24.4 Å². The van der Waals surface area contributed by atoms with Gasteiger partial charge in [0.15, 0.2) is 5.96 Å². The van der Waals surface area contributed by atoms with Crippen molar-refractivity contribution in [2.24, 2.45) is 4.99 Å². The molecule has 0 aliphatic heterocycles. The molecule has 2 aromatic rings. The fraction of sp³-hybridized carbons (Fsp3) is 0.500. The maximum atomic E-state index is 5.73. The Morgan fingerprint density at radius 3 is 2.46 bits per heavy atom. The lowest BCUT2D eigenvalue weighted by molar-refractivity contribution is 0.321. The average Bonchev–Trinajstić information content (AvgIpc) is 3.05. The van der Waals surface area contributed by atoms with E-state index in [9.17, 15) is 0 Å². The highest BCUT2D eigenvalue weighted by Crippen LogP contribution is 2.18. The summed E-state index contributed by atoms with van der Waals surface area (Å²) in [5, 5.41) is 7.72. The molecule has 156 valence electrons. The number of ether oxygens (including phenoxy) is 2. The number of nitrogens with one attached hydrogen (secondary N) is 2. The van der Waals surface area contributed by atoms with Gasteiger partial charge in [0, 0.05) is 24.4 Å². The Hall–Kier alpha value is -1.55. The Bertz CT molecular complexity index is 719. The molecule has 1 aromatic heterocycles. The van der Waals surface area contributed by atoms with E-state index >= 15 is 0 Å². The van der Waals surface area contributed by atoms with Crippen molar-refractivity contribution < 1.29 is 9.47 Å². The highest BCUT2D eigenvalue weighted by atomic mass is 127. The summed E-state index contributed by atoms with van der Waals surface area (Å²) in [5.74, 6) is 2.45. The Kier molecular flexibility index (Phi) is 11.9. The molecule has 0 spiro atoms. The molecule has 0 radical (unpaired) electrons. The van der Waals surface area contributed by atoms with Crippen LogP contribution in [-0.2, 0) is 12.8 Å². The van der Waals surface area contributed by atoms with E-state index in [0.29, 0.717) is 19.7 Å². The van der Waals surface area contributed by atoms with Crippen LogP contribution in [0, 0.1) is 6.92 Å². The first-order valence-electron chi connectivity index (χ1n) is 9.40. The zero-order valence-electron chi connectivity index (χ0n) is 17.1. The largest absolute Gasteiger partial charge is 0.497 e. The summed E-state index contributed by atoms with van der Waals surface area (Å²) in [7, 11) is 1.65. The lowest BCUT2D eigenvalue weighted by atomic mass is 10.3. The van der Waals surface area contributed by atoms with Crippen molar-refractivity contribution in [2.75, 3.05) is 33.4 Å². The number of guanidine groups is 1. The van der Waals surface area contributed by atoms with E-state index in [1.165, 1.54) is 10.6 Å². The molecule has 0 aliphatic carbocycles. The molecule has 28 heavy (non-hydrogen) atoms. The number of nitrogens with zero attached hydrogens (tertiary/aromatic N) is 2. The number of aromatic nitrogens is 1. The normalized spacial score (nSPS) is 10.9. The zero-order valence-corrected chi connectivity index (χ0v) is 20.2. The molecular formula is C20H31IN4O2S. The summed E-state index contributed by atoms with van der Waals surface area (Å²) in [6.45, 7) is 9.11. The summed E-state index contributed by atoms with van der Waals surface area (Å²) >= 11 is 1.78. The smallest absolute Gasteiger partial charge is 0.191 e. The van der Waals surface area contributed by atoms with Gasteiger partial charge in [0.2, 0.25) is 0 Å². The summed E-state index contributed by atoms with van der Waals surface area (Å²) in [5.41, 5.74) is 1.21. The van der Waals surface area contributed by atoms with E-state index in [4.69, 9.17) is 9.47 Å². The standard InChI is InChI=1S/C20H30N4O2S.HI/c1-5-18-15(3)27-19(24-18)11-12-22-20(21-6-2)23-13-14-26-17-9-7-16(25-4)8-10-17;/h7-10H,5-6,11-14H2,1-4H3,(H2,21,22,23);1H. The van der Waals surface area contributed by atoms with Crippen LogP contribution in [0.2, 0.25) is 0 Å². The highest BCUT2D eigenvalue weighted by Gasteiger charge is 2.05. The number of thiazole rings is 1. The highest BCUT2D eigenvalue weighted by molar-refractivity contribution is 14.0. The van der Waals surface area contributed by atoms with Crippen molar-refractivity contribution in [3.8, 4) is 11.5 Å². The average molecular weight is 518 g/mol. The molecule has 0 atom stereocenters. The van der Waals surface area contributed by atoms with Gasteiger partial charge >= 0.3 is 0 Å². The first kappa shape index (κ1) is 24.5. The SMILES string of the molecule is CCNC(=NCCc1nc(CC)c(C)s1)NCCOc1ccc(OC)cc1.I. The number of hydrogen-bond acceptors (Lipinski definition) is 5. The van der Waals surface area contributed by atoms with E-state index in [1.54, 1.807) is 18.4 Å².